The maximum absolute atomic E-state index is 8.75. The summed E-state index contributed by atoms with van der Waals surface area (Å²) in [6.45, 7) is 0. The zero-order valence-corrected chi connectivity index (χ0v) is 8.67. The molecule has 4 N–H and O–H groups in total. The van der Waals surface area contributed by atoms with Crippen LogP contribution in [0, 0.1) is 5.41 Å². The normalized spacial score (nSPS) is 18.7. The van der Waals surface area contributed by atoms with Gasteiger partial charge >= 0.3 is 0 Å². The summed E-state index contributed by atoms with van der Waals surface area (Å²) in [6.07, 6.45) is 2.02. The van der Waals surface area contributed by atoms with Gasteiger partial charge in [-0.3, -0.25) is 16.1 Å². The summed E-state index contributed by atoms with van der Waals surface area (Å²) in [5.41, 5.74) is 5.12. The molecule has 0 heterocycles. The number of hydroxylamine groups is 1. The minimum absolute atomic E-state index is 0.0728. The maximum atomic E-state index is 8.75. The fourth-order valence-corrected chi connectivity index (χ4v) is 2.25. The molecule has 0 amide bonds. The van der Waals surface area contributed by atoms with Gasteiger partial charge in [0.1, 0.15) is 5.84 Å². The highest BCUT2D eigenvalue weighted by Gasteiger charge is 2.23. The molecule has 0 radical (unpaired) electrons. The average molecular weight is 205 g/mol. The molecule has 1 aliphatic carbocycles. The number of amidine groups is 1. The lowest BCUT2D eigenvalue weighted by molar-refractivity contribution is 0.234. The molecule has 4 nitrogen and oxygen atoms in total. The minimum atomic E-state index is 0.0728. The van der Waals surface area contributed by atoms with E-state index in [0.29, 0.717) is 6.04 Å². The van der Waals surface area contributed by atoms with Crippen LogP contribution in [-0.2, 0) is 6.42 Å². The van der Waals surface area contributed by atoms with Gasteiger partial charge in [-0.25, -0.2) is 0 Å². The van der Waals surface area contributed by atoms with E-state index >= 15 is 0 Å². The van der Waals surface area contributed by atoms with Crippen LogP contribution in [-0.4, -0.2) is 18.1 Å². The van der Waals surface area contributed by atoms with Gasteiger partial charge < -0.3 is 5.32 Å². The number of hydrogen-bond donors (Lipinski definition) is 4. The fourth-order valence-electron chi connectivity index (χ4n) is 2.25. The highest BCUT2D eigenvalue weighted by Crippen LogP contribution is 2.32. The molecular weight excluding hydrogens is 190 g/mol. The van der Waals surface area contributed by atoms with Crippen molar-refractivity contribution >= 4 is 5.84 Å². The Labute approximate surface area is 88.8 Å². The largest absolute Gasteiger partial charge is 0.313 e. The van der Waals surface area contributed by atoms with Crippen LogP contribution in [0.5, 0.6) is 0 Å². The van der Waals surface area contributed by atoms with Crippen molar-refractivity contribution in [1.29, 1.82) is 5.41 Å². The molecule has 0 spiro atoms. The number of fused-ring (bicyclic) bond motifs is 1. The van der Waals surface area contributed by atoms with E-state index in [-0.39, 0.29) is 5.84 Å². The van der Waals surface area contributed by atoms with Crippen molar-refractivity contribution in [2.24, 2.45) is 0 Å². The molecule has 1 aromatic rings. The van der Waals surface area contributed by atoms with Crippen molar-refractivity contribution in [3.63, 3.8) is 0 Å². The second kappa shape index (κ2) is 4.00. The van der Waals surface area contributed by atoms with Crippen LogP contribution in [0.1, 0.15) is 29.2 Å². The van der Waals surface area contributed by atoms with Crippen LogP contribution in [0.4, 0.5) is 0 Å². The van der Waals surface area contributed by atoms with Crippen molar-refractivity contribution in [2.45, 2.75) is 18.9 Å². The van der Waals surface area contributed by atoms with Gasteiger partial charge in [-0.05, 0) is 31.0 Å². The zero-order chi connectivity index (χ0) is 10.8. The van der Waals surface area contributed by atoms with Crippen LogP contribution >= 0.6 is 0 Å². The summed E-state index contributed by atoms with van der Waals surface area (Å²) >= 11 is 0. The lowest BCUT2D eigenvalue weighted by Gasteiger charge is -2.11. The van der Waals surface area contributed by atoms with E-state index < -0.39 is 0 Å². The van der Waals surface area contributed by atoms with E-state index in [4.69, 9.17) is 10.6 Å². The van der Waals surface area contributed by atoms with Crippen molar-refractivity contribution in [2.75, 3.05) is 7.05 Å². The lowest BCUT2D eigenvalue weighted by atomic mass is 10.0. The van der Waals surface area contributed by atoms with Gasteiger partial charge in [0.15, 0.2) is 0 Å². The second-order valence-electron chi connectivity index (χ2n) is 3.74. The highest BCUT2D eigenvalue weighted by molar-refractivity contribution is 5.97. The Morgan fingerprint density at radius 2 is 2.33 bits per heavy atom. The number of benzene rings is 1. The molecule has 0 aromatic heterocycles. The first-order valence-corrected chi connectivity index (χ1v) is 5.06. The second-order valence-corrected chi connectivity index (χ2v) is 3.74. The molecule has 0 aliphatic heterocycles. The molecule has 0 saturated carbocycles. The molecule has 1 atom stereocenters. The predicted molar refractivity (Wildman–Crippen MR) is 58.3 cm³/mol. The summed E-state index contributed by atoms with van der Waals surface area (Å²) in [5, 5.41) is 19.6. The van der Waals surface area contributed by atoms with E-state index in [1.165, 1.54) is 11.1 Å². The molecule has 1 aliphatic rings. The van der Waals surface area contributed by atoms with Gasteiger partial charge in [0, 0.05) is 11.6 Å². The fraction of sp³-hybridized carbons (Fsp3) is 0.364. The first-order chi connectivity index (χ1) is 7.27. The number of nitrogens with one attached hydrogen (secondary N) is 3. The number of rotatable bonds is 2. The summed E-state index contributed by atoms with van der Waals surface area (Å²) in [7, 11) is 1.95. The predicted octanol–water partition coefficient (Wildman–Crippen LogP) is 1.20. The molecule has 4 heteroatoms. The van der Waals surface area contributed by atoms with Crippen molar-refractivity contribution in [3.8, 4) is 0 Å². The summed E-state index contributed by atoms with van der Waals surface area (Å²) in [6, 6.07) is 6.25. The summed E-state index contributed by atoms with van der Waals surface area (Å²) in [4.78, 5) is 0. The molecule has 15 heavy (non-hydrogen) atoms. The van der Waals surface area contributed by atoms with Crippen molar-refractivity contribution in [1.82, 2.24) is 10.8 Å². The highest BCUT2D eigenvalue weighted by atomic mass is 16.5. The summed E-state index contributed by atoms with van der Waals surface area (Å²) in [5.74, 6) is 0.0728. The van der Waals surface area contributed by atoms with Gasteiger partial charge in [0.2, 0.25) is 0 Å². The van der Waals surface area contributed by atoms with Crippen LogP contribution in [0.3, 0.4) is 0 Å². The van der Waals surface area contributed by atoms with E-state index in [2.05, 4.69) is 11.4 Å². The molecule has 0 unspecified atom stereocenters. The maximum Gasteiger partial charge on any atom is 0.149 e. The van der Waals surface area contributed by atoms with E-state index in [1.54, 1.807) is 0 Å². The quantitative estimate of drug-likeness (QED) is 0.333. The zero-order valence-electron chi connectivity index (χ0n) is 8.67. The molecule has 2 rings (SSSR count). The molecule has 0 fully saturated rings. The molecule has 1 aromatic carbocycles. The van der Waals surface area contributed by atoms with Gasteiger partial charge in [-0.15, -0.1) is 0 Å². The first kappa shape index (κ1) is 10.1. The van der Waals surface area contributed by atoms with E-state index in [9.17, 15) is 0 Å². The van der Waals surface area contributed by atoms with Gasteiger partial charge in [-0.2, -0.15) is 0 Å². The minimum Gasteiger partial charge on any atom is -0.313 e. The standard InChI is InChI=1S/C11H15N3O/c1-13-10-6-5-7-8(10)3-2-4-9(7)11(12)14-15/h2-4,10,13,15H,5-6H2,1H3,(H2,12,14)/t10-/m1/s1. The Bertz CT molecular complexity index is 389. The lowest BCUT2D eigenvalue weighted by Crippen LogP contribution is -2.20. The molecule has 0 bridgehead atoms. The van der Waals surface area contributed by atoms with Gasteiger partial charge in [0.05, 0.1) is 0 Å². The van der Waals surface area contributed by atoms with Gasteiger partial charge in [-0.1, -0.05) is 18.2 Å². The van der Waals surface area contributed by atoms with Crippen LogP contribution in [0.25, 0.3) is 0 Å². The van der Waals surface area contributed by atoms with E-state index in [0.717, 1.165) is 18.4 Å². The van der Waals surface area contributed by atoms with Crippen LogP contribution in [0.15, 0.2) is 18.2 Å². The van der Waals surface area contributed by atoms with Crippen molar-refractivity contribution < 1.29 is 5.21 Å². The Morgan fingerprint density at radius 1 is 1.53 bits per heavy atom. The topological polar surface area (TPSA) is 68.1 Å². The average Bonchev–Trinajstić information content (AvgIpc) is 2.70. The SMILES string of the molecule is CN[C@@H]1CCc2c(C(=N)NO)cccc21. The third kappa shape index (κ3) is 1.62. The Kier molecular flexibility index (Phi) is 2.70. The first-order valence-electron chi connectivity index (χ1n) is 5.06. The van der Waals surface area contributed by atoms with Crippen LogP contribution in [0.2, 0.25) is 0 Å². The molecular formula is C11H15N3O. The number of hydrogen-bond acceptors (Lipinski definition) is 3. The monoisotopic (exact) mass is 205 g/mol. The summed E-state index contributed by atoms with van der Waals surface area (Å²) < 4.78 is 0. The molecule has 80 valence electrons. The third-order valence-electron chi connectivity index (χ3n) is 3.00. The van der Waals surface area contributed by atoms with E-state index in [1.807, 2.05) is 24.7 Å². The molecule has 0 saturated heterocycles. The Morgan fingerprint density at radius 3 is 3.00 bits per heavy atom. The smallest absolute Gasteiger partial charge is 0.149 e. The Balaban J connectivity index is 2.44. The third-order valence-corrected chi connectivity index (χ3v) is 3.00. The Hall–Kier alpha value is -1.39. The van der Waals surface area contributed by atoms with Gasteiger partial charge in [0.25, 0.3) is 0 Å². The van der Waals surface area contributed by atoms with Crippen LogP contribution < -0.4 is 10.8 Å². The van der Waals surface area contributed by atoms with Crippen molar-refractivity contribution in [3.05, 3.63) is 34.9 Å².